The maximum Gasteiger partial charge on any atom is 0.339 e. The molecule has 21 heavy (non-hydrogen) atoms. The molecular weight excluding hydrogens is 288 g/mol. The van der Waals surface area contributed by atoms with Crippen LogP contribution in [0.2, 0.25) is 5.02 Å². The highest BCUT2D eigenvalue weighted by molar-refractivity contribution is 6.33. The van der Waals surface area contributed by atoms with Crippen LogP contribution in [0, 0.1) is 0 Å². The number of benzene rings is 1. The monoisotopic (exact) mass is 308 g/mol. The van der Waals surface area contributed by atoms with Crippen molar-refractivity contribution in [1.82, 2.24) is 4.90 Å². The second-order valence-electron chi connectivity index (χ2n) is 6.04. The summed E-state index contributed by atoms with van der Waals surface area (Å²) < 4.78 is 4.76. The molecule has 1 aliphatic heterocycles. The number of nitrogens with one attached hydrogen (secondary N) is 1. The van der Waals surface area contributed by atoms with Crippen LogP contribution in [0.15, 0.2) is 18.2 Å². The average Bonchev–Trinajstić information content (AvgIpc) is 3.24. The summed E-state index contributed by atoms with van der Waals surface area (Å²) in [6.45, 7) is 3.36. The van der Waals surface area contributed by atoms with Gasteiger partial charge in [-0.1, -0.05) is 11.6 Å². The summed E-state index contributed by atoms with van der Waals surface area (Å²) in [7, 11) is 1.37. The third kappa shape index (κ3) is 3.16. The predicted molar refractivity (Wildman–Crippen MR) is 84.0 cm³/mol. The number of carbonyl (C=O) groups is 1. The van der Waals surface area contributed by atoms with Crippen LogP contribution in [0.5, 0.6) is 0 Å². The molecule has 1 aromatic carbocycles. The highest BCUT2D eigenvalue weighted by Crippen LogP contribution is 2.34. The molecule has 4 nitrogen and oxygen atoms in total. The van der Waals surface area contributed by atoms with Crippen molar-refractivity contribution in [2.75, 3.05) is 19.0 Å². The molecule has 1 aliphatic carbocycles. The Morgan fingerprint density at radius 1 is 1.43 bits per heavy atom. The van der Waals surface area contributed by atoms with Gasteiger partial charge in [-0.15, -0.1) is 0 Å². The van der Waals surface area contributed by atoms with Gasteiger partial charge in [-0.2, -0.15) is 0 Å². The SMILES string of the molecule is COC(=O)c1cc(NC2CC(C)N(C3CC3)C2)ccc1Cl. The lowest BCUT2D eigenvalue weighted by molar-refractivity contribution is 0.0601. The second-order valence-corrected chi connectivity index (χ2v) is 6.45. The number of hydrogen-bond acceptors (Lipinski definition) is 4. The fourth-order valence-corrected chi connectivity index (χ4v) is 3.39. The quantitative estimate of drug-likeness (QED) is 0.868. The van der Waals surface area contributed by atoms with Gasteiger partial charge in [0.2, 0.25) is 0 Å². The van der Waals surface area contributed by atoms with E-state index >= 15 is 0 Å². The van der Waals surface area contributed by atoms with Crippen molar-refractivity contribution in [3.05, 3.63) is 28.8 Å². The Morgan fingerprint density at radius 3 is 2.86 bits per heavy atom. The van der Waals surface area contributed by atoms with E-state index in [9.17, 15) is 4.79 Å². The van der Waals surface area contributed by atoms with Gasteiger partial charge in [-0.25, -0.2) is 4.79 Å². The number of likely N-dealkylation sites (tertiary alicyclic amines) is 1. The summed E-state index contributed by atoms with van der Waals surface area (Å²) in [4.78, 5) is 14.3. The van der Waals surface area contributed by atoms with Crippen molar-refractivity contribution >= 4 is 23.3 Å². The van der Waals surface area contributed by atoms with Crippen molar-refractivity contribution in [2.24, 2.45) is 0 Å². The van der Waals surface area contributed by atoms with Crippen LogP contribution in [0.3, 0.4) is 0 Å². The van der Waals surface area contributed by atoms with E-state index in [2.05, 4.69) is 17.1 Å². The summed E-state index contributed by atoms with van der Waals surface area (Å²) in [5, 5.41) is 3.95. The van der Waals surface area contributed by atoms with Crippen LogP contribution < -0.4 is 5.32 Å². The van der Waals surface area contributed by atoms with Crippen LogP contribution in [0.25, 0.3) is 0 Å². The molecule has 0 radical (unpaired) electrons. The minimum Gasteiger partial charge on any atom is -0.465 e. The lowest BCUT2D eigenvalue weighted by Crippen LogP contribution is -2.31. The Labute approximate surface area is 130 Å². The smallest absolute Gasteiger partial charge is 0.339 e. The number of hydrogen-bond donors (Lipinski definition) is 1. The molecule has 5 heteroatoms. The van der Waals surface area contributed by atoms with Crippen molar-refractivity contribution in [3.63, 3.8) is 0 Å². The van der Waals surface area contributed by atoms with Gasteiger partial charge >= 0.3 is 5.97 Å². The Bertz CT molecular complexity index is 545. The average molecular weight is 309 g/mol. The lowest BCUT2D eigenvalue weighted by atomic mass is 10.1. The van der Waals surface area contributed by atoms with E-state index in [1.807, 2.05) is 6.07 Å². The van der Waals surface area contributed by atoms with Crippen molar-refractivity contribution in [3.8, 4) is 0 Å². The zero-order chi connectivity index (χ0) is 15.0. The molecule has 2 unspecified atom stereocenters. The van der Waals surface area contributed by atoms with Gasteiger partial charge in [-0.05, 0) is 44.4 Å². The summed E-state index contributed by atoms with van der Waals surface area (Å²) >= 11 is 6.05. The maximum absolute atomic E-state index is 11.7. The lowest BCUT2D eigenvalue weighted by Gasteiger charge is -2.20. The van der Waals surface area contributed by atoms with Gasteiger partial charge in [0.15, 0.2) is 0 Å². The van der Waals surface area contributed by atoms with E-state index in [0.29, 0.717) is 22.7 Å². The largest absolute Gasteiger partial charge is 0.465 e. The summed E-state index contributed by atoms with van der Waals surface area (Å²) in [5.74, 6) is -0.400. The van der Waals surface area contributed by atoms with Gasteiger partial charge in [0.05, 0.1) is 17.7 Å². The Morgan fingerprint density at radius 2 is 2.19 bits per heavy atom. The fourth-order valence-electron chi connectivity index (χ4n) is 3.19. The van der Waals surface area contributed by atoms with Crippen molar-refractivity contribution in [1.29, 1.82) is 0 Å². The Balaban J connectivity index is 1.69. The number of anilines is 1. The zero-order valence-corrected chi connectivity index (χ0v) is 13.2. The molecule has 0 bridgehead atoms. The molecule has 1 heterocycles. The van der Waals surface area contributed by atoms with Gasteiger partial charge in [0.1, 0.15) is 0 Å². The third-order valence-corrected chi connectivity index (χ3v) is 4.71. The van der Waals surface area contributed by atoms with Gasteiger partial charge in [0.25, 0.3) is 0 Å². The molecule has 3 rings (SSSR count). The summed E-state index contributed by atoms with van der Waals surface area (Å²) in [5.41, 5.74) is 1.34. The first kappa shape index (κ1) is 14.7. The first-order chi connectivity index (χ1) is 10.1. The number of carbonyl (C=O) groups excluding carboxylic acids is 1. The van der Waals surface area contributed by atoms with Gasteiger partial charge in [-0.3, -0.25) is 4.90 Å². The molecule has 1 saturated heterocycles. The maximum atomic E-state index is 11.7. The fraction of sp³-hybridized carbons (Fsp3) is 0.562. The summed E-state index contributed by atoms with van der Waals surface area (Å²) in [6.07, 6.45) is 3.81. The minimum absolute atomic E-state index is 0.400. The molecule has 0 amide bonds. The number of ether oxygens (including phenoxy) is 1. The number of esters is 1. The molecular formula is C16H21ClN2O2. The van der Waals surface area contributed by atoms with Crippen molar-refractivity contribution in [2.45, 2.75) is 44.3 Å². The van der Waals surface area contributed by atoms with Crippen LogP contribution in [-0.4, -0.2) is 42.6 Å². The zero-order valence-electron chi connectivity index (χ0n) is 12.4. The normalized spacial score (nSPS) is 25.9. The molecule has 2 aliphatic rings. The third-order valence-electron chi connectivity index (χ3n) is 4.38. The highest BCUT2D eigenvalue weighted by Gasteiger charge is 2.38. The minimum atomic E-state index is -0.400. The predicted octanol–water partition coefficient (Wildman–Crippen LogP) is 3.16. The van der Waals surface area contributed by atoms with Crippen molar-refractivity contribution < 1.29 is 9.53 Å². The first-order valence-corrected chi connectivity index (χ1v) is 7.86. The Hall–Kier alpha value is -1.26. The molecule has 0 aromatic heterocycles. The van der Waals surface area contributed by atoms with Crippen LogP contribution >= 0.6 is 11.6 Å². The van der Waals surface area contributed by atoms with E-state index < -0.39 is 5.97 Å². The molecule has 2 atom stereocenters. The van der Waals surface area contributed by atoms with Crippen LogP contribution in [0.4, 0.5) is 5.69 Å². The van der Waals surface area contributed by atoms with Crippen LogP contribution in [0.1, 0.15) is 36.5 Å². The Kier molecular flexibility index (Phi) is 4.09. The molecule has 1 N–H and O–H groups in total. The number of halogens is 1. The van der Waals surface area contributed by atoms with E-state index in [4.69, 9.17) is 16.3 Å². The number of rotatable bonds is 4. The molecule has 1 saturated carbocycles. The van der Waals surface area contributed by atoms with Gasteiger partial charge < -0.3 is 10.1 Å². The van der Waals surface area contributed by atoms with E-state index in [1.54, 1.807) is 12.1 Å². The number of methoxy groups -OCH3 is 1. The second kappa shape index (κ2) is 5.85. The van der Waals surface area contributed by atoms with Gasteiger partial charge in [0, 0.05) is 30.4 Å². The summed E-state index contributed by atoms with van der Waals surface area (Å²) in [6, 6.07) is 7.28. The van der Waals surface area contributed by atoms with E-state index in [-0.39, 0.29) is 0 Å². The van der Waals surface area contributed by atoms with Crippen LogP contribution in [-0.2, 0) is 4.74 Å². The first-order valence-electron chi connectivity index (χ1n) is 7.48. The molecule has 0 spiro atoms. The number of nitrogens with zero attached hydrogens (tertiary/aromatic N) is 1. The van der Waals surface area contributed by atoms with E-state index in [1.165, 1.54) is 20.0 Å². The molecule has 2 fully saturated rings. The molecule has 114 valence electrons. The highest BCUT2D eigenvalue weighted by atomic mass is 35.5. The molecule has 1 aromatic rings. The van der Waals surface area contributed by atoms with E-state index in [0.717, 1.165) is 24.7 Å². The topological polar surface area (TPSA) is 41.6 Å². The standard InChI is InChI=1S/C16H21ClN2O2/c1-10-7-12(9-19(10)13-4-5-13)18-11-3-6-15(17)14(8-11)16(20)21-2/h3,6,8,10,12-13,18H,4-5,7,9H2,1-2H3.